The van der Waals surface area contributed by atoms with Gasteiger partial charge in [-0.3, -0.25) is 4.79 Å². The van der Waals surface area contributed by atoms with Crippen LogP contribution >= 0.6 is 15.9 Å². The number of aromatic hydroxyl groups is 1. The van der Waals surface area contributed by atoms with Crippen LogP contribution in [-0.2, 0) is 5.33 Å². The Morgan fingerprint density at radius 2 is 2.00 bits per heavy atom. The molecule has 0 saturated heterocycles. The van der Waals surface area contributed by atoms with Crippen LogP contribution in [0.15, 0.2) is 42.5 Å². The Balaban J connectivity index is 2.26. The van der Waals surface area contributed by atoms with Gasteiger partial charge in [-0.05, 0) is 42.3 Å². The Kier molecular flexibility index (Phi) is 4.22. The van der Waals surface area contributed by atoms with Gasteiger partial charge in [-0.2, -0.15) is 0 Å². The van der Waals surface area contributed by atoms with Gasteiger partial charge in [0.05, 0.1) is 0 Å². The third kappa shape index (κ3) is 3.15. The summed E-state index contributed by atoms with van der Waals surface area (Å²) in [6, 6.07) is 12.3. The Morgan fingerprint density at radius 1 is 1.26 bits per heavy atom. The van der Waals surface area contributed by atoms with E-state index in [1.807, 2.05) is 24.3 Å². The molecule has 0 spiro atoms. The van der Waals surface area contributed by atoms with Crippen LogP contribution in [0.2, 0.25) is 0 Å². The van der Waals surface area contributed by atoms with E-state index < -0.39 is 0 Å². The predicted octanol–water partition coefficient (Wildman–Crippen LogP) is 3.85. The quantitative estimate of drug-likeness (QED) is 0.844. The molecular formula is C15H14BrNO2. The van der Waals surface area contributed by atoms with E-state index in [1.165, 1.54) is 6.07 Å². The standard InChI is InChI=1S/C15H14BrNO2/c1-10-8-12(18)6-7-13(10)15(19)17-14-5-3-2-4-11(14)9-16/h2-8,18H,9H2,1H3,(H,17,19). The number of alkyl halides is 1. The number of aryl methyl sites for hydroxylation is 1. The fourth-order valence-corrected chi connectivity index (χ4v) is 2.34. The molecule has 0 aliphatic heterocycles. The van der Waals surface area contributed by atoms with E-state index in [0.717, 1.165) is 16.8 Å². The molecule has 0 radical (unpaired) electrons. The molecule has 19 heavy (non-hydrogen) atoms. The third-order valence-corrected chi connectivity index (χ3v) is 3.47. The Morgan fingerprint density at radius 3 is 2.68 bits per heavy atom. The molecule has 0 aliphatic rings. The first kappa shape index (κ1) is 13.6. The molecule has 0 aromatic heterocycles. The number of para-hydroxylation sites is 1. The summed E-state index contributed by atoms with van der Waals surface area (Å²) < 4.78 is 0. The molecule has 0 saturated carbocycles. The van der Waals surface area contributed by atoms with Gasteiger partial charge in [-0.1, -0.05) is 34.1 Å². The molecule has 0 heterocycles. The number of phenols is 1. The Labute approximate surface area is 120 Å². The molecule has 0 unspecified atom stereocenters. The molecule has 4 heteroatoms. The van der Waals surface area contributed by atoms with Crippen molar-refractivity contribution in [2.45, 2.75) is 12.3 Å². The number of halogens is 1. The maximum atomic E-state index is 12.2. The smallest absolute Gasteiger partial charge is 0.255 e. The van der Waals surface area contributed by atoms with Gasteiger partial charge in [0.25, 0.3) is 5.91 Å². The highest BCUT2D eigenvalue weighted by molar-refractivity contribution is 9.08. The maximum Gasteiger partial charge on any atom is 0.255 e. The summed E-state index contributed by atoms with van der Waals surface area (Å²) in [7, 11) is 0. The summed E-state index contributed by atoms with van der Waals surface area (Å²) in [6.45, 7) is 1.80. The Bertz CT molecular complexity index is 611. The van der Waals surface area contributed by atoms with Gasteiger partial charge in [0, 0.05) is 16.6 Å². The number of carbonyl (C=O) groups excluding carboxylic acids is 1. The molecule has 2 N–H and O–H groups in total. The van der Waals surface area contributed by atoms with Crippen molar-refractivity contribution in [1.29, 1.82) is 0 Å². The lowest BCUT2D eigenvalue weighted by Gasteiger charge is -2.10. The summed E-state index contributed by atoms with van der Waals surface area (Å²) in [4.78, 5) is 12.2. The number of nitrogens with one attached hydrogen (secondary N) is 1. The van der Waals surface area contributed by atoms with Gasteiger partial charge in [0.15, 0.2) is 0 Å². The molecule has 0 aliphatic carbocycles. The Hall–Kier alpha value is -1.81. The summed E-state index contributed by atoms with van der Waals surface area (Å²) >= 11 is 3.39. The van der Waals surface area contributed by atoms with Gasteiger partial charge >= 0.3 is 0 Å². The van der Waals surface area contributed by atoms with Crippen molar-refractivity contribution in [1.82, 2.24) is 0 Å². The van der Waals surface area contributed by atoms with E-state index in [2.05, 4.69) is 21.2 Å². The van der Waals surface area contributed by atoms with Gasteiger partial charge in [0.1, 0.15) is 5.75 Å². The first-order valence-corrected chi connectivity index (χ1v) is 6.99. The van der Waals surface area contributed by atoms with Crippen molar-refractivity contribution in [3.8, 4) is 5.75 Å². The number of anilines is 1. The lowest BCUT2D eigenvalue weighted by molar-refractivity contribution is 0.102. The predicted molar refractivity (Wildman–Crippen MR) is 79.9 cm³/mol. The fourth-order valence-electron chi connectivity index (χ4n) is 1.85. The molecule has 0 atom stereocenters. The lowest BCUT2D eigenvalue weighted by atomic mass is 10.1. The van der Waals surface area contributed by atoms with E-state index in [4.69, 9.17) is 0 Å². The van der Waals surface area contributed by atoms with Crippen molar-refractivity contribution < 1.29 is 9.90 Å². The normalized spacial score (nSPS) is 10.2. The zero-order valence-corrected chi connectivity index (χ0v) is 12.1. The lowest BCUT2D eigenvalue weighted by Crippen LogP contribution is -2.14. The highest BCUT2D eigenvalue weighted by Gasteiger charge is 2.11. The maximum absolute atomic E-state index is 12.2. The summed E-state index contributed by atoms with van der Waals surface area (Å²) in [5, 5.41) is 12.9. The number of carbonyl (C=O) groups is 1. The minimum atomic E-state index is -0.175. The number of phenolic OH excluding ortho intramolecular Hbond substituents is 1. The first-order chi connectivity index (χ1) is 9.11. The third-order valence-electron chi connectivity index (χ3n) is 2.86. The highest BCUT2D eigenvalue weighted by atomic mass is 79.9. The number of hydrogen-bond acceptors (Lipinski definition) is 2. The van der Waals surface area contributed by atoms with E-state index in [9.17, 15) is 9.90 Å². The van der Waals surface area contributed by atoms with E-state index in [-0.39, 0.29) is 11.7 Å². The van der Waals surface area contributed by atoms with Gasteiger partial charge in [-0.15, -0.1) is 0 Å². The minimum absolute atomic E-state index is 0.162. The van der Waals surface area contributed by atoms with Crippen LogP contribution in [0.3, 0.4) is 0 Å². The number of hydrogen-bond donors (Lipinski definition) is 2. The van der Waals surface area contributed by atoms with E-state index in [1.54, 1.807) is 19.1 Å². The number of benzene rings is 2. The average Bonchev–Trinajstić information content (AvgIpc) is 2.39. The monoisotopic (exact) mass is 319 g/mol. The zero-order valence-electron chi connectivity index (χ0n) is 10.5. The van der Waals surface area contributed by atoms with Crippen LogP contribution in [-0.4, -0.2) is 11.0 Å². The molecule has 0 bridgehead atoms. The molecular weight excluding hydrogens is 306 g/mol. The SMILES string of the molecule is Cc1cc(O)ccc1C(=O)Nc1ccccc1CBr. The van der Waals surface area contributed by atoms with Crippen LogP contribution in [0.25, 0.3) is 0 Å². The molecule has 0 fully saturated rings. The van der Waals surface area contributed by atoms with Gasteiger partial charge < -0.3 is 10.4 Å². The number of amides is 1. The van der Waals surface area contributed by atoms with Crippen LogP contribution in [0, 0.1) is 6.92 Å². The topological polar surface area (TPSA) is 49.3 Å². The second-order valence-corrected chi connectivity index (χ2v) is 4.80. The van der Waals surface area contributed by atoms with Crippen LogP contribution in [0.1, 0.15) is 21.5 Å². The fraction of sp³-hybridized carbons (Fsp3) is 0.133. The molecule has 3 nitrogen and oxygen atoms in total. The summed E-state index contributed by atoms with van der Waals surface area (Å²) in [5.41, 5.74) is 3.11. The molecule has 2 aromatic rings. The van der Waals surface area contributed by atoms with E-state index >= 15 is 0 Å². The van der Waals surface area contributed by atoms with Crippen molar-refractivity contribution in [2.24, 2.45) is 0 Å². The van der Waals surface area contributed by atoms with Crippen LogP contribution in [0.5, 0.6) is 5.75 Å². The molecule has 98 valence electrons. The molecule has 1 amide bonds. The second kappa shape index (κ2) is 5.89. The summed E-state index contributed by atoms with van der Waals surface area (Å²) in [6.07, 6.45) is 0. The molecule has 2 aromatic carbocycles. The van der Waals surface area contributed by atoms with Crippen LogP contribution in [0.4, 0.5) is 5.69 Å². The first-order valence-electron chi connectivity index (χ1n) is 5.86. The number of rotatable bonds is 3. The summed E-state index contributed by atoms with van der Waals surface area (Å²) in [5.74, 6) is -0.0131. The van der Waals surface area contributed by atoms with Crippen molar-refractivity contribution in [3.05, 3.63) is 59.2 Å². The minimum Gasteiger partial charge on any atom is -0.508 e. The highest BCUT2D eigenvalue weighted by Crippen LogP contribution is 2.21. The second-order valence-electron chi connectivity index (χ2n) is 4.24. The van der Waals surface area contributed by atoms with Gasteiger partial charge in [-0.25, -0.2) is 0 Å². The average molecular weight is 320 g/mol. The van der Waals surface area contributed by atoms with Crippen molar-refractivity contribution in [2.75, 3.05) is 5.32 Å². The van der Waals surface area contributed by atoms with Crippen molar-refractivity contribution in [3.63, 3.8) is 0 Å². The zero-order chi connectivity index (χ0) is 13.8. The van der Waals surface area contributed by atoms with E-state index in [0.29, 0.717) is 10.9 Å². The van der Waals surface area contributed by atoms with Crippen LogP contribution < -0.4 is 5.32 Å². The largest absolute Gasteiger partial charge is 0.508 e. The molecule has 2 rings (SSSR count). The van der Waals surface area contributed by atoms with Crippen molar-refractivity contribution >= 4 is 27.5 Å². The van der Waals surface area contributed by atoms with Gasteiger partial charge in [0.2, 0.25) is 0 Å².